The first-order valence-corrected chi connectivity index (χ1v) is 25.1. The Morgan fingerprint density at radius 2 is 0.849 bits per heavy atom. The van der Waals surface area contributed by atoms with Gasteiger partial charge in [-0.25, -0.2) is 0 Å². The van der Waals surface area contributed by atoms with Crippen molar-refractivity contribution in [2.45, 2.75) is 39.3 Å². The van der Waals surface area contributed by atoms with Gasteiger partial charge in [0.1, 0.15) is 0 Å². The van der Waals surface area contributed by atoms with Gasteiger partial charge in [-0.2, -0.15) is 0 Å². The molecule has 0 saturated carbocycles. The number of hydrogen-bond acceptors (Lipinski definition) is 4. The van der Waals surface area contributed by atoms with Crippen molar-refractivity contribution in [1.82, 2.24) is 0 Å². The summed E-state index contributed by atoms with van der Waals surface area (Å²) in [5.41, 5.74) is 7.17. The van der Waals surface area contributed by atoms with E-state index in [1.54, 1.807) is 6.07 Å². The van der Waals surface area contributed by atoms with E-state index < -0.39 is 16.1 Å². The van der Waals surface area contributed by atoms with Gasteiger partial charge in [0.2, 0.25) is 0 Å². The van der Waals surface area contributed by atoms with Crippen molar-refractivity contribution in [1.29, 1.82) is 0 Å². The topological polar surface area (TPSA) is 49.6 Å². The molecule has 0 aromatic heterocycles. The Hall–Kier alpha value is -5.77. The molecule has 53 heavy (non-hydrogen) atoms. The van der Waals surface area contributed by atoms with Crippen LogP contribution in [0, 0.1) is 10.1 Å². The smallest absolute Gasteiger partial charge is 0.279 e. The molecular formula is C46H45N3O2Si2. The summed E-state index contributed by atoms with van der Waals surface area (Å²) < 4.78 is 0. The second-order valence-electron chi connectivity index (χ2n) is 15.6. The van der Waals surface area contributed by atoms with E-state index in [-0.39, 0.29) is 10.6 Å². The number of anilines is 6. The van der Waals surface area contributed by atoms with E-state index in [9.17, 15) is 10.1 Å². The monoisotopic (exact) mass is 727 g/mol. The molecule has 7 aromatic carbocycles. The minimum absolute atomic E-state index is 0.0573. The number of fused-ring (bicyclic) bond motifs is 1. The van der Waals surface area contributed by atoms with Gasteiger partial charge >= 0.3 is 0 Å². The summed E-state index contributed by atoms with van der Waals surface area (Å²) >= 11 is 0. The number of para-hydroxylation sites is 2. The zero-order chi connectivity index (χ0) is 37.3. The summed E-state index contributed by atoms with van der Waals surface area (Å²) in [6.07, 6.45) is 0. The van der Waals surface area contributed by atoms with Crippen LogP contribution < -0.4 is 20.2 Å². The fourth-order valence-corrected chi connectivity index (χ4v) is 9.33. The van der Waals surface area contributed by atoms with Crippen LogP contribution in [-0.2, 0) is 0 Å². The van der Waals surface area contributed by atoms with Crippen molar-refractivity contribution in [3.8, 4) is 11.1 Å². The molecule has 5 nitrogen and oxygen atoms in total. The Morgan fingerprint density at radius 3 is 1.36 bits per heavy atom. The van der Waals surface area contributed by atoms with Gasteiger partial charge in [0.05, 0.1) is 38.0 Å². The highest BCUT2D eigenvalue weighted by Gasteiger charge is 2.25. The molecule has 0 heterocycles. The minimum Gasteiger partial charge on any atom is -0.310 e. The van der Waals surface area contributed by atoms with E-state index >= 15 is 0 Å². The van der Waals surface area contributed by atoms with Crippen LogP contribution in [0.4, 0.5) is 39.8 Å². The predicted octanol–water partition coefficient (Wildman–Crippen LogP) is 12.4. The number of nitrogens with zero attached hydrogens (tertiary/aromatic N) is 3. The molecule has 0 spiro atoms. The fraction of sp³-hybridized carbons (Fsp3) is 0.130. The average Bonchev–Trinajstić information content (AvgIpc) is 3.16. The van der Waals surface area contributed by atoms with Crippen LogP contribution in [-0.4, -0.2) is 21.1 Å². The minimum atomic E-state index is -1.51. The third-order valence-corrected chi connectivity index (χ3v) is 14.0. The second kappa shape index (κ2) is 14.3. The molecule has 7 heteroatoms. The normalized spacial score (nSPS) is 11.7. The van der Waals surface area contributed by atoms with Gasteiger partial charge < -0.3 is 9.80 Å². The predicted molar refractivity (Wildman–Crippen MR) is 231 cm³/mol. The van der Waals surface area contributed by atoms with Gasteiger partial charge in [0, 0.05) is 34.2 Å². The Kier molecular flexibility index (Phi) is 9.64. The van der Waals surface area contributed by atoms with E-state index in [4.69, 9.17) is 0 Å². The molecule has 0 atom stereocenters. The van der Waals surface area contributed by atoms with E-state index in [0.29, 0.717) is 5.56 Å². The summed E-state index contributed by atoms with van der Waals surface area (Å²) in [4.78, 5) is 17.1. The van der Waals surface area contributed by atoms with Crippen molar-refractivity contribution in [2.24, 2.45) is 0 Å². The molecular weight excluding hydrogens is 683 g/mol. The Labute approximate surface area is 315 Å². The molecule has 0 bridgehead atoms. The Balaban J connectivity index is 1.37. The van der Waals surface area contributed by atoms with Crippen LogP contribution in [0.3, 0.4) is 0 Å². The summed E-state index contributed by atoms with van der Waals surface area (Å²) in [5, 5.41) is 17.7. The van der Waals surface area contributed by atoms with Crippen LogP contribution in [0.1, 0.15) is 0 Å². The van der Waals surface area contributed by atoms with Gasteiger partial charge in [-0.3, -0.25) is 10.1 Å². The van der Waals surface area contributed by atoms with Gasteiger partial charge in [-0.15, -0.1) is 0 Å². The Bertz CT molecular complexity index is 2380. The molecule has 0 radical (unpaired) electrons. The first-order chi connectivity index (χ1) is 25.4. The maximum atomic E-state index is 13.0. The van der Waals surface area contributed by atoms with Crippen molar-refractivity contribution >= 4 is 77.1 Å². The lowest BCUT2D eigenvalue weighted by molar-refractivity contribution is -0.384. The third-order valence-electron chi connectivity index (χ3n) is 9.88. The quantitative estimate of drug-likeness (QED) is 0.0799. The first kappa shape index (κ1) is 35.6. The number of benzene rings is 7. The first-order valence-electron chi connectivity index (χ1n) is 18.1. The van der Waals surface area contributed by atoms with E-state index in [2.05, 4.69) is 140 Å². The van der Waals surface area contributed by atoms with Gasteiger partial charge in [0.15, 0.2) is 0 Å². The van der Waals surface area contributed by atoms with Crippen LogP contribution in [0.25, 0.3) is 21.9 Å². The van der Waals surface area contributed by atoms with Crippen molar-refractivity contribution in [3.63, 3.8) is 0 Å². The van der Waals surface area contributed by atoms with Crippen molar-refractivity contribution in [2.75, 3.05) is 9.80 Å². The number of nitro groups is 1. The molecule has 0 aliphatic carbocycles. The van der Waals surface area contributed by atoms with Gasteiger partial charge in [-0.05, 0) is 77.7 Å². The second-order valence-corrected chi connectivity index (χ2v) is 25.7. The fourth-order valence-electron chi connectivity index (χ4n) is 7.00. The van der Waals surface area contributed by atoms with Crippen molar-refractivity contribution < 1.29 is 4.92 Å². The summed E-state index contributed by atoms with van der Waals surface area (Å²) in [6, 6.07) is 56.0. The standard InChI is InChI=1S/C46H45N3O2Si2/c1-52(2,3)39-26-21-36(22-27-39)47(34-15-9-7-10-16-34)38-25-30-44(46(33-38)49(50)51)42-31-32-45(43-20-14-13-19-41(42)43)48(35-17-11-8-12-18-35)37-23-28-40(29-24-37)53(4,5)6/h7-33H,1-6H3. The summed E-state index contributed by atoms with van der Waals surface area (Å²) in [5.74, 6) is 0. The third kappa shape index (κ3) is 7.31. The van der Waals surface area contributed by atoms with E-state index in [0.717, 1.165) is 50.5 Å². The van der Waals surface area contributed by atoms with Crippen molar-refractivity contribution in [3.05, 3.63) is 174 Å². The summed E-state index contributed by atoms with van der Waals surface area (Å²) in [6.45, 7) is 14.1. The molecule has 7 rings (SSSR count). The molecule has 0 unspecified atom stereocenters. The highest BCUT2D eigenvalue weighted by atomic mass is 28.3. The van der Waals surface area contributed by atoms with Crippen LogP contribution in [0.15, 0.2) is 164 Å². The van der Waals surface area contributed by atoms with Gasteiger partial charge in [0.25, 0.3) is 5.69 Å². The number of nitro benzene ring substituents is 1. The maximum absolute atomic E-state index is 13.0. The lowest BCUT2D eigenvalue weighted by Gasteiger charge is -2.28. The van der Waals surface area contributed by atoms with Crippen LogP contribution in [0.2, 0.25) is 39.3 Å². The lowest BCUT2D eigenvalue weighted by atomic mass is 9.94. The number of hydrogen-bond donors (Lipinski definition) is 0. The van der Waals surface area contributed by atoms with Crippen LogP contribution >= 0.6 is 0 Å². The number of rotatable bonds is 10. The lowest BCUT2D eigenvalue weighted by Crippen LogP contribution is -2.37. The SMILES string of the molecule is C[Si](C)(C)c1ccc(N(c2ccccc2)c2ccc(-c3ccc(N(c4ccccc4)c4ccc([Si](C)(C)C)cc4)c4ccccc34)c([N+](=O)[O-])c2)cc1. The molecule has 0 aliphatic heterocycles. The highest BCUT2D eigenvalue weighted by Crippen LogP contribution is 2.45. The molecule has 0 amide bonds. The molecule has 7 aromatic rings. The zero-order valence-electron chi connectivity index (χ0n) is 31.2. The zero-order valence-corrected chi connectivity index (χ0v) is 33.2. The molecule has 264 valence electrons. The Morgan fingerprint density at radius 1 is 0.434 bits per heavy atom. The largest absolute Gasteiger partial charge is 0.310 e. The van der Waals surface area contributed by atoms with E-state index in [1.165, 1.54) is 10.4 Å². The highest BCUT2D eigenvalue weighted by molar-refractivity contribution is 6.89. The molecule has 0 fully saturated rings. The molecule has 0 N–H and O–H groups in total. The van der Waals surface area contributed by atoms with E-state index in [1.807, 2.05) is 66.7 Å². The molecule has 0 aliphatic rings. The van der Waals surface area contributed by atoms with Gasteiger partial charge in [-0.1, -0.05) is 141 Å². The maximum Gasteiger partial charge on any atom is 0.279 e. The molecule has 0 saturated heterocycles. The van der Waals surface area contributed by atoms with Crippen LogP contribution in [0.5, 0.6) is 0 Å². The average molecular weight is 728 g/mol. The summed E-state index contributed by atoms with van der Waals surface area (Å²) in [7, 11) is -3.00.